The summed E-state index contributed by atoms with van der Waals surface area (Å²) in [6.07, 6.45) is 0. The van der Waals surface area contributed by atoms with Crippen molar-refractivity contribution in [3.05, 3.63) is 65.2 Å². The lowest BCUT2D eigenvalue weighted by Crippen LogP contribution is -2.27. The Morgan fingerprint density at radius 2 is 1.67 bits per heavy atom. The molecule has 2 aromatic carbocycles. The highest BCUT2D eigenvalue weighted by atomic mass is 32.2. The van der Waals surface area contributed by atoms with E-state index in [4.69, 9.17) is 0 Å². The highest BCUT2D eigenvalue weighted by Crippen LogP contribution is 2.17. The largest absolute Gasteiger partial charge is 0.322 e. The topological polar surface area (TPSA) is 58.2 Å². The first-order chi connectivity index (χ1) is 10.1. The Balaban J connectivity index is 1.87. The van der Waals surface area contributed by atoms with Crippen LogP contribution in [0.25, 0.3) is 0 Å². The van der Waals surface area contributed by atoms with Gasteiger partial charge in [-0.15, -0.1) is 0 Å². The fourth-order valence-electron chi connectivity index (χ4n) is 1.69. The number of imide groups is 1. The first-order valence-corrected chi connectivity index (χ1v) is 7.28. The molecule has 0 radical (unpaired) electrons. The molecule has 2 aromatic rings. The number of amides is 2. The van der Waals surface area contributed by atoms with Crippen molar-refractivity contribution in [3.8, 4) is 0 Å². The lowest BCUT2D eigenvalue weighted by atomic mass is 10.1. The van der Waals surface area contributed by atoms with Crippen LogP contribution in [0, 0.1) is 13.8 Å². The fourth-order valence-corrected chi connectivity index (χ4v) is 2.17. The second-order valence-corrected chi connectivity index (χ2v) is 5.39. The summed E-state index contributed by atoms with van der Waals surface area (Å²) in [5, 5.41) is 1.87. The number of anilines is 1. The molecule has 2 N–H and O–H groups in total. The molecular weight excluding hydrogens is 284 g/mol. The first kappa shape index (κ1) is 15.1. The number of benzene rings is 2. The minimum absolute atomic E-state index is 0.407. The fraction of sp³-hybridized carbons (Fsp3) is 0.125. The molecule has 0 heterocycles. The van der Waals surface area contributed by atoms with Gasteiger partial charge < -0.3 is 4.72 Å². The Kier molecular flexibility index (Phi) is 5.00. The average molecular weight is 300 g/mol. The summed E-state index contributed by atoms with van der Waals surface area (Å²) >= 11 is 0.846. The van der Waals surface area contributed by atoms with Crippen molar-refractivity contribution in [3.63, 3.8) is 0 Å². The van der Waals surface area contributed by atoms with Crippen LogP contribution in [0.2, 0.25) is 0 Å². The van der Waals surface area contributed by atoms with Crippen molar-refractivity contribution in [1.29, 1.82) is 0 Å². The smallest absolute Gasteiger partial charge is 0.306 e. The average Bonchev–Trinajstić information content (AvgIpc) is 2.49. The van der Waals surface area contributed by atoms with Gasteiger partial charge in [0.15, 0.2) is 0 Å². The van der Waals surface area contributed by atoms with Crippen LogP contribution in [0.5, 0.6) is 0 Å². The SMILES string of the molecule is Cc1ccc(NSC(=O)NC(=O)c2ccccc2)cc1C. The molecule has 0 spiro atoms. The summed E-state index contributed by atoms with van der Waals surface area (Å²) in [7, 11) is 0. The quantitative estimate of drug-likeness (QED) is 0.844. The highest BCUT2D eigenvalue weighted by Gasteiger charge is 2.10. The third-order valence-corrected chi connectivity index (χ3v) is 3.65. The molecule has 21 heavy (non-hydrogen) atoms. The van der Waals surface area contributed by atoms with Crippen LogP contribution < -0.4 is 10.0 Å². The number of hydrogen-bond acceptors (Lipinski definition) is 4. The van der Waals surface area contributed by atoms with Gasteiger partial charge in [0.25, 0.3) is 5.91 Å². The van der Waals surface area contributed by atoms with Gasteiger partial charge in [0.1, 0.15) is 0 Å². The minimum atomic E-state index is -0.443. The number of rotatable bonds is 3. The van der Waals surface area contributed by atoms with Crippen LogP contribution in [0.1, 0.15) is 21.5 Å². The number of nitrogens with one attached hydrogen (secondary N) is 2. The summed E-state index contributed by atoms with van der Waals surface area (Å²) in [4.78, 5) is 23.5. The van der Waals surface area contributed by atoms with E-state index in [2.05, 4.69) is 10.0 Å². The van der Waals surface area contributed by atoms with Crippen LogP contribution in [0.3, 0.4) is 0 Å². The van der Waals surface area contributed by atoms with Crippen molar-refractivity contribution in [1.82, 2.24) is 5.32 Å². The number of hydrogen-bond donors (Lipinski definition) is 2. The molecule has 0 atom stereocenters. The zero-order valence-electron chi connectivity index (χ0n) is 11.8. The Morgan fingerprint density at radius 3 is 2.33 bits per heavy atom. The summed E-state index contributed by atoms with van der Waals surface area (Å²) in [6, 6.07) is 14.4. The van der Waals surface area contributed by atoms with Gasteiger partial charge in [-0.3, -0.25) is 14.9 Å². The van der Waals surface area contributed by atoms with Crippen LogP contribution in [0.4, 0.5) is 10.5 Å². The van der Waals surface area contributed by atoms with Crippen molar-refractivity contribution in [2.75, 3.05) is 4.72 Å². The molecule has 0 saturated carbocycles. The summed E-state index contributed by atoms with van der Waals surface area (Å²) in [5.74, 6) is -0.407. The third-order valence-electron chi connectivity index (χ3n) is 3.02. The highest BCUT2D eigenvalue weighted by molar-refractivity contribution is 8.14. The van der Waals surface area contributed by atoms with Crippen LogP contribution in [-0.4, -0.2) is 11.1 Å². The van der Waals surface area contributed by atoms with E-state index in [1.54, 1.807) is 24.3 Å². The molecule has 2 amide bonds. The van der Waals surface area contributed by atoms with Crippen LogP contribution in [-0.2, 0) is 0 Å². The molecule has 0 aliphatic heterocycles. The molecule has 4 nitrogen and oxygen atoms in total. The normalized spacial score (nSPS) is 10.0. The summed E-state index contributed by atoms with van der Waals surface area (Å²) < 4.78 is 2.92. The standard InChI is InChI=1S/C16H16N2O2S/c1-11-8-9-14(10-12(11)2)18-21-16(20)17-15(19)13-6-4-3-5-7-13/h3-10,18H,1-2H3,(H,17,19,20). The number of carbonyl (C=O) groups excluding carboxylic acids is 2. The van der Waals surface area contributed by atoms with Crippen molar-refractivity contribution < 1.29 is 9.59 Å². The van der Waals surface area contributed by atoms with Crippen molar-refractivity contribution in [2.24, 2.45) is 0 Å². The van der Waals surface area contributed by atoms with Gasteiger partial charge in [-0.2, -0.15) is 0 Å². The number of aryl methyl sites for hydroxylation is 2. The van der Waals surface area contributed by atoms with E-state index in [0.29, 0.717) is 5.56 Å². The summed E-state index contributed by atoms with van der Waals surface area (Å²) in [6.45, 7) is 4.03. The van der Waals surface area contributed by atoms with Gasteiger partial charge in [0, 0.05) is 23.2 Å². The Morgan fingerprint density at radius 1 is 0.952 bits per heavy atom. The Bertz CT molecular complexity index is 657. The molecular formula is C16H16N2O2S. The maximum atomic E-state index is 11.8. The maximum Gasteiger partial charge on any atom is 0.306 e. The molecule has 2 rings (SSSR count). The van der Waals surface area contributed by atoms with Gasteiger partial charge in [-0.25, -0.2) is 0 Å². The lowest BCUT2D eigenvalue weighted by Gasteiger charge is -2.07. The van der Waals surface area contributed by atoms with Gasteiger partial charge in [0.05, 0.1) is 0 Å². The molecule has 0 bridgehead atoms. The molecule has 0 aliphatic carbocycles. The van der Waals surface area contributed by atoms with E-state index in [9.17, 15) is 9.59 Å². The molecule has 5 heteroatoms. The maximum absolute atomic E-state index is 11.8. The number of carbonyl (C=O) groups is 2. The van der Waals surface area contributed by atoms with Crippen molar-refractivity contribution >= 4 is 28.8 Å². The zero-order chi connectivity index (χ0) is 15.2. The minimum Gasteiger partial charge on any atom is -0.322 e. The monoisotopic (exact) mass is 300 g/mol. The second-order valence-electron chi connectivity index (χ2n) is 4.61. The first-order valence-electron chi connectivity index (χ1n) is 6.47. The molecule has 0 aromatic heterocycles. The summed E-state index contributed by atoms with van der Waals surface area (Å²) in [5.41, 5.74) is 3.61. The zero-order valence-corrected chi connectivity index (χ0v) is 12.7. The molecule has 108 valence electrons. The third kappa shape index (κ3) is 4.36. The van der Waals surface area contributed by atoms with Gasteiger partial charge in [-0.05, 0) is 49.2 Å². The van der Waals surface area contributed by atoms with E-state index in [1.165, 1.54) is 5.56 Å². The van der Waals surface area contributed by atoms with Crippen LogP contribution >= 0.6 is 11.9 Å². The van der Waals surface area contributed by atoms with E-state index in [1.807, 2.05) is 38.1 Å². The van der Waals surface area contributed by atoms with Gasteiger partial charge in [-0.1, -0.05) is 24.3 Å². The molecule has 0 fully saturated rings. The van der Waals surface area contributed by atoms with E-state index in [0.717, 1.165) is 23.2 Å². The lowest BCUT2D eigenvalue weighted by molar-refractivity contribution is 0.0969. The Labute approximate surface area is 128 Å². The molecule has 0 unspecified atom stereocenters. The van der Waals surface area contributed by atoms with E-state index >= 15 is 0 Å². The second kappa shape index (κ2) is 6.95. The van der Waals surface area contributed by atoms with Gasteiger partial charge >= 0.3 is 5.24 Å². The van der Waals surface area contributed by atoms with Crippen molar-refractivity contribution in [2.45, 2.75) is 13.8 Å². The van der Waals surface area contributed by atoms with Crippen LogP contribution in [0.15, 0.2) is 48.5 Å². The molecule has 0 aliphatic rings. The van der Waals surface area contributed by atoms with Gasteiger partial charge in [0.2, 0.25) is 0 Å². The van der Waals surface area contributed by atoms with E-state index < -0.39 is 11.1 Å². The Hall–Kier alpha value is -2.27. The van der Waals surface area contributed by atoms with E-state index in [-0.39, 0.29) is 0 Å². The predicted octanol–water partition coefficient (Wildman–Crippen LogP) is 3.91. The predicted molar refractivity (Wildman–Crippen MR) is 86.4 cm³/mol. The molecule has 0 saturated heterocycles.